The van der Waals surface area contributed by atoms with E-state index in [1.807, 2.05) is 20.8 Å². The summed E-state index contributed by atoms with van der Waals surface area (Å²) in [5.41, 5.74) is 5.87. The lowest BCUT2D eigenvalue weighted by atomic mass is 9.99. The van der Waals surface area contributed by atoms with Crippen molar-refractivity contribution in [1.29, 1.82) is 0 Å². The van der Waals surface area contributed by atoms with E-state index in [0.717, 1.165) is 5.56 Å². The van der Waals surface area contributed by atoms with Crippen molar-refractivity contribution >= 4 is 35.4 Å². The van der Waals surface area contributed by atoms with Crippen molar-refractivity contribution in [3.63, 3.8) is 0 Å². The average Bonchev–Trinajstić information content (AvgIpc) is 2.86. The number of carbonyl (C=O) groups excluding carboxylic acids is 5. The topological polar surface area (TPSA) is 178 Å². The van der Waals surface area contributed by atoms with Gasteiger partial charge in [-0.25, -0.2) is 4.79 Å². The Bertz CT molecular complexity index is 995. The molecule has 40 heavy (non-hydrogen) atoms. The fourth-order valence-corrected chi connectivity index (χ4v) is 3.80. The summed E-state index contributed by atoms with van der Waals surface area (Å²) >= 11 is 0. The molecule has 1 aromatic carbocycles. The molecule has 2 atom stereocenters. The predicted molar refractivity (Wildman–Crippen MR) is 151 cm³/mol. The Morgan fingerprint density at radius 1 is 1.00 bits per heavy atom. The van der Waals surface area contributed by atoms with Gasteiger partial charge in [0.15, 0.2) is 0 Å². The molecule has 0 saturated carbocycles. The van der Waals surface area contributed by atoms with Crippen molar-refractivity contribution < 1.29 is 33.4 Å². The second kappa shape index (κ2) is 17.1. The molecule has 0 heterocycles. The van der Waals surface area contributed by atoms with E-state index in [2.05, 4.69) is 21.3 Å². The lowest BCUT2D eigenvalue weighted by molar-refractivity contribution is -0.142. The molecule has 0 aliphatic carbocycles. The maximum absolute atomic E-state index is 13.2. The molecule has 224 valence electrons. The molecule has 6 N–H and O–H groups in total. The van der Waals surface area contributed by atoms with Crippen LogP contribution in [0.2, 0.25) is 0 Å². The van der Waals surface area contributed by atoms with Crippen molar-refractivity contribution in [2.24, 2.45) is 11.7 Å². The molecule has 0 aromatic heterocycles. The zero-order valence-electron chi connectivity index (χ0n) is 24.4. The summed E-state index contributed by atoms with van der Waals surface area (Å²) in [6, 6.07) is 4.24. The molecular weight excluding hydrogens is 518 g/mol. The Hall–Kier alpha value is -3.67. The first-order valence-corrected chi connectivity index (χ1v) is 13.5. The lowest BCUT2D eigenvalue weighted by Crippen LogP contribution is -2.54. The summed E-state index contributed by atoms with van der Waals surface area (Å²) in [7, 11) is 0. The Morgan fingerprint density at radius 3 is 2.20 bits per heavy atom. The minimum Gasteiger partial charge on any atom is -0.461 e. The second-order valence-corrected chi connectivity index (χ2v) is 10.4. The molecule has 1 aromatic rings. The van der Waals surface area contributed by atoms with E-state index >= 15 is 0 Å². The Labute approximate surface area is 236 Å². The van der Waals surface area contributed by atoms with Crippen LogP contribution in [0.5, 0.6) is 0 Å². The number of rotatable bonds is 17. The zero-order chi connectivity index (χ0) is 30.3. The number of nitrogens with two attached hydrogens (primary N) is 1. The quantitative estimate of drug-likeness (QED) is 0.143. The molecule has 1 rings (SSSR count). The number of amides is 5. The number of ether oxygens (including phenoxy) is 2. The molecule has 0 aliphatic heterocycles. The van der Waals surface area contributed by atoms with Gasteiger partial charge < -0.3 is 36.5 Å². The third kappa shape index (κ3) is 13.9. The summed E-state index contributed by atoms with van der Waals surface area (Å²) in [6.45, 7) is 11.5. The van der Waals surface area contributed by atoms with Crippen LogP contribution in [0.15, 0.2) is 24.3 Å². The largest absolute Gasteiger partial charge is 0.461 e. The molecule has 0 saturated heterocycles. The molecule has 0 aliphatic rings. The number of anilines is 1. The summed E-state index contributed by atoms with van der Waals surface area (Å²) in [6.07, 6.45) is 1.24. The third-order valence-corrected chi connectivity index (χ3v) is 6.02. The first-order chi connectivity index (χ1) is 18.7. The van der Waals surface area contributed by atoms with Crippen molar-refractivity contribution in [3.8, 4) is 0 Å². The highest BCUT2D eigenvalue weighted by Gasteiger charge is 2.29. The van der Waals surface area contributed by atoms with Gasteiger partial charge in [0.1, 0.15) is 18.7 Å². The van der Waals surface area contributed by atoms with Crippen molar-refractivity contribution in [3.05, 3.63) is 29.8 Å². The number of primary amides is 1. The number of esters is 1. The first-order valence-electron chi connectivity index (χ1n) is 13.5. The van der Waals surface area contributed by atoms with E-state index in [9.17, 15) is 24.0 Å². The Morgan fingerprint density at radius 2 is 1.65 bits per heavy atom. The van der Waals surface area contributed by atoms with Gasteiger partial charge in [0.2, 0.25) is 17.7 Å². The van der Waals surface area contributed by atoms with Crippen molar-refractivity contribution in [2.45, 2.75) is 91.5 Å². The normalized spacial score (nSPS) is 12.7. The Kier molecular flexibility index (Phi) is 14.7. The standard InChI is InChI=1S/C28H45N5O7/c1-7-40-28(5,6)15-14-23(35)33-24(18(2)3)26(37)32-22(9-8-16-30-27(29)38)25(36)31-21-12-10-20(11-13-21)17-39-19(4)34/h10-13,18,22,24H,7-9,14-17H2,1-6H3,(H,31,36)(H,32,37)(H,33,35)(H3,29,30,38)/t22-,24?/m0/s1. The van der Waals surface area contributed by atoms with E-state index in [1.54, 1.807) is 38.1 Å². The van der Waals surface area contributed by atoms with Crippen LogP contribution in [-0.4, -0.2) is 60.6 Å². The number of hydrogen-bond donors (Lipinski definition) is 5. The zero-order valence-corrected chi connectivity index (χ0v) is 24.4. The second-order valence-electron chi connectivity index (χ2n) is 10.4. The molecular formula is C28H45N5O7. The molecule has 0 radical (unpaired) electrons. The molecule has 12 nitrogen and oxygen atoms in total. The van der Waals surface area contributed by atoms with Crippen LogP contribution in [0.4, 0.5) is 10.5 Å². The number of urea groups is 1. The molecule has 5 amide bonds. The van der Waals surface area contributed by atoms with Gasteiger partial charge in [-0.15, -0.1) is 0 Å². The van der Waals surface area contributed by atoms with E-state index in [1.165, 1.54) is 6.92 Å². The van der Waals surface area contributed by atoms with E-state index < -0.39 is 41.5 Å². The van der Waals surface area contributed by atoms with Gasteiger partial charge in [0, 0.05) is 32.2 Å². The van der Waals surface area contributed by atoms with Crippen LogP contribution in [0.3, 0.4) is 0 Å². The molecule has 0 bridgehead atoms. The fraction of sp³-hybridized carbons (Fsp3) is 0.607. The number of nitrogens with one attached hydrogen (secondary N) is 4. The smallest absolute Gasteiger partial charge is 0.312 e. The highest BCUT2D eigenvalue weighted by Crippen LogP contribution is 2.17. The van der Waals surface area contributed by atoms with Crippen LogP contribution in [-0.2, 0) is 35.3 Å². The summed E-state index contributed by atoms with van der Waals surface area (Å²) in [5.74, 6) is -1.89. The molecule has 0 spiro atoms. The summed E-state index contributed by atoms with van der Waals surface area (Å²) in [5, 5.41) is 10.8. The lowest BCUT2D eigenvalue weighted by Gasteiger charge is -2.27. The van der Waals surface area contributed by atoms with Crippen LogP contribution in [0.25, 0.3) is 0 Å². The van der Waals surface area contributed by atoms with Gasteiger partial charge in [0.05, 0.1) is 5.60 Å². The van der Waals surface area contributed by atoms with E-state index in [0.29, 0.717) is 25.1 Å². The first kappa shape index (κ1) is 34.4. The average molecular weight is 564 g/mol. The Balaban J connectivity index is 2.91. The monoisotopic (exact) mass is 563 g/mol. The summed E-state index contributed by atoms with van der Waals surface area (Å²) in [4.78, 5) is 61.1. The molecule has 12 heteroatoms. The highest BCUT2D eigenvalue weighted by molar-refractivity contribution is 5.98. The minimum atomic E-state index is -0.946. The highest BCUT2D eigenvalue weighted by atomic mass is 16.5. The van der Waals surface area contributed by atoms with Crippen molar-refractivity contribution in [1.82, 2.24) is 16.0 Å². The van der Waals surface area contributed by atoms with E-state index in [4.69, 9.17) is 15.2 Å². The van der Waals surface area contributed by atoms with Crippen LogP contribution < -0.4 is 27.0 Å². The van der Waals surface area contributed by atoms with Gasteiger partial charge in [-0.2, -0.15) is 0 Å². The number of benzene rings is 1. The number of hydrogen-bond acceptors (Lipinski definition) is 7. The van der Waals surface area contributed by atoms with Crippen molar-refractivity contribution in [2.75, 3.05) is 18.5 Å². The van der Waals surface area contributed by atoms with Crippen LogP contribution >= 0.6 is 0 Å². The van der Waals surface area contributed by atoms with Gasteiger partial charge in [-0.3, -0.25) is 19.2 Å². The molecule has 0 fully saturated rings. The number of carbonyl (C=O) groups is 5. The maximum atomic E-state index is 13.2. The van der Waals surface area contributed by atoms with Gasteiger partial charge >= 0.3 is 12.0 Å². The van der Waals surface area contributed by atoms with Gasteiger partial charge in [-0.05, 0) is 63.6 Å². The van der Waals surface area contributed by atoms with Gasteiger partial charge in [-0.1, -0.05) is 26.0 Å². The van der Waals surface area contributed by atoms with Crippen LogP contribution in [0.1, 0.15) is 72.8 Å². The minimum absolute atomic E-state index is 0.112. The maximum Gasteiger partial charge on any atom is 0.312 e. The summed E-state index contributed by atoms with van der Waals surface area (Å²) < 4.78 is 10.6. The SMILES string of the molecule is CCOC(C)(C)CCC(=O)NC(C(=O)N[C@@H](CCCNC(N)=O)C(=O)Nc1ccc(COC(C)=O)cc1)C(C)C. The van der Waals surface area contributed by atoms with E-state index in [-0.39, 0.29) is 37.8 Å². The third-order valence-electron chi connectivity index (χ3n) is 6.02. The van der Waals surface area contributed by atoms with Crippen LogP contribution in [0, 0.1) is 5.92 Å². The van der Waals surface area contributed by atoms with Gasteiger partial charge in [0.25, 0.3) is 0 Å². The predicted octanol–water partition coefficient (Wildman–Crippen LogP) is 2.36. The fourth-order valence-electron chi connectivity index (χ4n) is 3.80. The molecule has 1 unspecified atom stereocenters.